The van der Waals surface area contributed by atoms with Gasteiger partial charge in [0.05, 0.1) is 24.4 Å². The number of amides is 2. The van der Waals surface area contributed by atoms with Crippen molar-refractivity contribution < 1.29 is 47.2 Å². The molecule has 4 atom stereocenters. The average Bonchev–Trinajstić information content (AvgIpc) is 3.66. The van der Waals surface area contributed by atoms with Crippen LogP contribution >= 0.6 is 11.8 Å². The van der Waals surface area contributed by atoms with Gasteiger partial charge in [0.1, 0.15) is 6.04 Å². The van der Waals surface area contributed by atoms with Crippen molar-refractivity contribution in [3.8, 4) is 11.1 Å². The number of benzene rings is 4. The maximum Gasteiger partial charge on any atom is 0.471 e. The number of aliphatic hydroxyl groups is 1. The van der Waals surface area contributed by atoms with Crippen LogP contribution in [0.4, 0.5) is 13.2 Å². The fraction of sp³-hybridized carbons (Fsp3) is 0.308. The first-order valence-electron chi connectivity index (χ1n) is 16.8. The number of halogens is 3. The molecule has 13 heteroatoms. The zero-order valence-electron chi connectivity index (χ0n) is 27.9. The molecule has 272 valence electrons. The molecule has 2 aliphatic rings. The summed E-state index contributed by atoms with van der Waals surface area (Å²) in [6.45, 7) is -0.126. The molecule has 2 saturated heterocycles. The summed E-state index contributed by atoms with van der Waals surface area (Å²) >= 11 is 1.56. The number of carbonyl (C=O) groups is 3. The van der Waals surface area contributed by atoms with E-state index >= 15 is 0 Å². The molecule has 2 aliphatic heterocycles. The van der Waals surface area contributed by atoms with Crippen LogP contribution in [0.1, 0.15) is 64.3 Å². The highest BCUT2D eigenvalue weighted by atomic mass is 32.2. The van der Waals surface area contributed by atoms with Crippen LogP contribution < -0.4 is 5.32 Å². The molecular formula is C39H37F3N2O7S. The van der Waals surface area contributed by atoms with Crippen LogP contribution in [-0.4, -0.2) is 63.5 Å². The maximum atomic E-state index is 13.1. The number of alkyl halides is 3. The third-order valence-electron chi connectivity index (χ3n) is 9.18. The predicted molar refractivity (Wildman–Crippen MR) is 187 cm³/mol. The van der Waals surface area contributed by atoms with E-state index < -0.39 is 36.3 Å². The highest BCUT2D eigenvalue weighted by molar-refractivity contribution is 7.99. The van der Waals surface area contributed by atoms with Gasteiger partial charge in [-0.1, -0.05) is 72.8 Å². The number of rotatable bonds is 11. The van der Waals surface area contributed by atoms with E-state index in [-0.39, 0.29) is 43.9 Å². The summed E-state index contributed by atoms with van der Waals surface area (Å²) in [4.78, 5) is 37.6. The van der Waals surface area contributed by atoms with Gasteiger partial charge in [-0.3, -0.25) is 9.59 Å². The lowest BCUT2D eigenvalue weighted by Crippen LogP contribution is -2.50. The Morgan fingerprint density at radius 1 is 0.885 bits per heavy atom. The molecule has 0 unspecified atom stereocenters. The Morgan fingerprint density at radius 3 is 2.25 bits per heavy atom. The number of ether oxygens (including phenoxy) is 2. The van der Waals surface area contributed by atoms with Gasteiger partial charge < -0.3 is 29.9 Å². The summed E-state index contributed by atoms with van der Waals surface area (Å²) < 4.78 is 52.2. The zero-order chi connectivity index (χ0) is 36.8. The largest absolute Gasteiger partial charge is 0.478 e. The van der Waals surface area contributed by atoms with Crippen LogP contribution in [0, 0.1) is 0 Å². The van der Waals surface area contributed by atoms with Crippen molar-refractivity contribution in [2.24, 2.45) is 0 Å². The summed E-state index contributed by atoms with van der Waals surface area (Å²) in [5, 5.41) is 21.5. The van der Waals surface area contributed by atoms with Gasteiger partial charge >= 0.3 is 18.1 Å². The van der Waals surface area contributed by atoms with E-state index in [2.05, 4.69) is 5.32 Å². The van der Waals surface area contributed by atoms with E-state index in [4.69, 9.17) is 9.47 Å². The van der Waals surface area contributed by atoms with E-state index in [9.17, 15) is 37.8 Å². The second-order valence-corrected chi connectivity index (χ2v) is 13.7. The molecule has 0 aromatic heterocycles. The number of carboxylic acid groups (broad SMARTS) is 1. The van der Waals surface area contributed by atoms with E-state index in [0.717, 1.165) is 38.3 Å². The normalized spacial score (nSPS) is 20.4. The Hall–Kier alpha value is -4.69. The standard InChI is InChI=1S/C39H37F3N2O7S/c40-39(41,42)38(49)44-19-3-6-33(44)35(46)43-21-29-4-1-2-5-32(29)25-11-13-28(14-12-25)37-50-30(23-52-31-17-15-27(16-18-31)36(47)48)20-34(51-37)26-9-7-24(22-45)8-10-26/h1-2,4-5,7-18,30,33-34,37,45H,3,6,19-23H2,(H,43,46)(H,47,48)/t30-,33+,34+,37+/m1/s1. The SMILES string of the molecule is O=C(O)c1ccc(SC[C@H]2C[C@@H](c3ccc(CO)cc3)O[C@@H](c3ccc(-c4ccccc4CNC(=O)[C@@H]4CCCN4C(=O)C(F)(F)F)cc3)O2)cc1. The Labute approximate surface area is 302 Å². The Kier molecular flexibility index (Phi) is 11.6. The molecule has 2 heterocycles. The van der Waals surface area contributed by atoms with Crippen molar-refractivity contribution in [1.29, 1.82) is 0 Å². The predicted octanol–water partition coefficient (Wildman–Crippen LogP) is 7.05. The van der Waals surface area contributed by atoms with Crippen molar-refractivity contribution in [3.63, 3.8) is 0 Å². The van der Waals surface area contributed by atoms with Crippen molar-refractivity contribution in [2.75, 3.05) is 12.3 Å². The number of thioether (sulfide) groups is 1. The minimum atomic E-state index is -5.04. The number of hydrogen-bond acceptors (Lipinski definition) is 7. The first kappa shape index (κ1) is 37.1. The molecule has 2 fully saturated rings. The summed E-state index contributed by atoms with van der Waals surface area (Å²) in [6.07, 6.45) is -5.19. The van der Waals surface area contributed by atoms with Gasteiger partial charge in [0.2, 0.25) is 5.91 Å². The third-order valence-corrected chi connectivity index (χ3v) is 10.3. The highest BCUT2D eigenvalue weighted by Crippen LogP contribution is 2.40. The van der Waals surface area contributed by atoms with Crippen molar-refractivity contribution in [3.05, 3.63) is 125 Å². The minimum absolute atomic E-state index is 0.0608. The fourth-order valence-electron chi connectivity index (χ4n) is 6.43. The van der Waals surface area contributed by atoms with Crippen molar-refractivity contribution in [2.45, 2.75) is 68.0 Å². The molecule has 0 spiro atoms. The van der Waals surface area contributed by atoms with Gasteiger partial charge in [-0.15, -0.1) is 11.8 Å². The van der Waals surface area contributed by atoms with Crippen molar-refractivity contribution in [1.82, 2.24) is 10.2 Å². The van der Waals surface area contributed by atoms with Crippen LogP contribution in [0.25, 0.3) is 11.1 Å². The van der Waals surface area contributed by atoms with E-state index in [1.807, 2.05) is 72.8 Å². The lowest BCUT2D eigenvalue weighted by molar-refractivity contribution is -0.245. The van der Waals surface area contributed by atoms with E-state index in [1.165, 1.54) is 0 Å². The number of nitrogens with one attached hydrogen (secondary N) is 1. The number of aromatic carboxylic acids is 1. The molecule has 0 aliphatic carbocycles. The molecule has 0 saturated carbocycles. The topological polar surface area (TPSA) is 125 Å². The number of likely N-dealkylation sites (tertiary alicyclic amines) is 1. The lowest BCUT2D eigenvalue weighted by atomic mass is 9.97. The monoisotopic (exact) mass is 734 g/mol. The summed E-state index contributed by atoms with van der Waals surface area (Å²) in [7, 11) is 0. The summed E-state index contributed by atoms with van der Waals surface area (Å²) in [5.41, 5.74) is 5.14. The molecule has 52 heavy (non-hydrogen) atoms. The van der Waals surface area contributed by atoms with Gasteiger partial charge in [0.15, 0.2) is 6.29 Å². The number of nitrogens with zero attached hydrogens (tertiary/aromatic N) is 1. The molecule has 6 rings (SSSR count). The van der Waals surface area contributed by atoms with Crippen LogP contribution in [0.2, 0.25) is 0 Å². The highest BCUT2D eigenvalue weighted by Gasteiger charge is 2.47. The van der Waals surface area contributed by atoms with Gasteiger partial charge in [-0.25, -0.2) is 4.79 Å². The average molecular weight is 735 g/mol. The zero-order valence-corrected chi connectivity index (χ0v) is 28.7. The van der Waals surface area contributed by atoms with Crippen LogP contribution in [-0.2, 0) is 32.2 Å². The molecule has 2 amide bonds. The number of carboxylic acids is 1. The van der Waals surface area contributed by atoms with Crippen LogP contribution in [0.15, 0.2) is 102 Å². The Balaban J connectivity index is 1.16. The molecule has 9 nitrogen and oxygen atoms in total. The van der Waals surface area contributed by atoms with Crippen molar-refractivity contribution >= 4 is 29.5 Å². The quantitative estimate of drug-likeness (QED) is 0.140. The first-order chi connectivity index (χ1) is 25.0. The second kappa shape index (κ2) is 16.3. The van der Waals surface area contributed by atoms with Crippen LogP contribution in [0.3, 0.4) is 0 Å². The number of hydrogen-bond donors (Lipinski definition) is 3. The molecule has 3 N–H and O–H groups in total. The molecule has 4 aromatic rings. The molecular weight excluding hydrogens is 697 g/mol. The summed E-state index contributed by atoms with van der Waals surface area (Å²) in [6, 6.07) is 28.1. The Bertz CT molecular complexity index is 1870. The molecule has 0 bridgehead atoms. The van der Waals surface area contributed by atoms with Gasteiger partial charge in [-0.2, -0.15) is 13.2 Å². The molecule has 4 aromatic carbocycles. The van der Waals surface area contributed by atoms with Gasteiger partial charge in [-0.05, 0) is 64.9 Å². The van der Waals surface area contributed by atoms with E-state index in [0.29, 0.717) is 23.5 Å². The number of carbonyl (C=O) groups excluding carboxylic acids is 2. The van der Waals surface area contributed by atoms with E-state index in [1.54, 1.807) is 36.0 Å². The smallest absolute Gasteiger partial charge is 0.471 e. The minimum Gasteiger partial charge on any atom is -0.478 e. The second-order valence-electron chi connectivity index (χ2n) is 12.6. The van der Waals surface area contributed by atoms with Gasteiger partial charge in [0, 0.05) is 35.7 Å². The van der Waals surface area contributed by atoms with Gasteiger partial charge in [0.25, 0.3) is 0 Å². The maximum absolute atomic E-state index is 13.1. The molecule has 0 radical (unpaired) electrons. The third kappa shape index (κ3) is 8.84. The lowest BCUT2D eigenvalue weighted by Gasteiger charge is -2.36. The fourth-order valence-corrected chi connectivity index (χ4v) is 7.35. The first-order valence-corrected chi connectivity index (χ1v) is 17.8. The Morgan fingerprint density at radius 2 is 1.58 bits per heavy atom. The summed E-state index contributed by atoms with van der Waals surface area (Å²) in [5.74, 6) is -3.02. The number of aliphatic hydroxyl groups excluding tert-OH is 1. The van der Waals surface area contributed by atoms with Crippen LogP contribution in [0.5, 0.6) is 0 Å².